The Hall–Kier alpha value is -3.40. The summed E-state index contributed by atoms with van der Waals surface area (Å²) in [6, 6.07) is 11.6. The minimum absolute atomic E-state index is 0.266. The molecule has 116 valence electrons. The molecule has 0 aliphatic rings. The maximum atomic E-state index is 11.8. The molecule has 0 spiro atoms. The van der Waals surface area contributed by atoms with Crippen LogP contribution in [0.15, 0.2) is 42.6 Å². The molecule has 0 aliphatic heterocycles. The first-order chi connectivity index (χ1) is 11.1. The molecule has 23 heavy (non-hydrogen) atoms. The minimum Gasteiger partial charge on any atom is -0.484 e. The molecule has 2 aromatic rings. The Morgan fingerprint density at radius 3 is 2.52 bits per heavy atom. The van der Waals surface area contributed by atoms with E-state index in [1.165, 1.54) is 6.20 Å². The average Bonchev–Trinajstić information content (AvgIpc) is 2.59. The molecule has 0 atom stereocenters. The Labute approximate surface area is 132 Å². The van der Waals surface area contributed by atoms with Gasteiger partial charge < -0.3 is 4.74 Å². The molecule has 2 N–H and O–H groups in total. The Morgan fingerprint density at radius 2 is 1.91 bits per heavy atom. The Morgan fingerprint density at radius 1 is 1.17 bits per heavy atom. The van der Waals surface area contributed by atoms with Crippen LogP contribution >= 0.6 is 0 Å². The number of ether oxygens (including phenoxy) is 1. The van der Waals surface area contributed by atoms with Crippen molar-refractivity contribution in [3.8, 4) is 11.8 Å². The predicted molar refractivity (Wildman–Crippen MR) is 81.2 cm³/mol. The van der Waals surface area contributed by atoms with Crippen LogP contribution in [0.3, 0.4) is 0 Å². The molecular weight excluding hydrogens is 296 g/mol. The van der Waals surface area contributed by atoms with Crippen molar-refractivity contribution in [3.05, 3.63) is 59.4 Å². The highest BCUT2D eigenvalue weighted by molar-refractivity contribution is 5.95. The number of nitrogens with one attached hydrogen (secondary N) is 2. The van der Waals surface area contributed by atoms with Gasteiger partial charge >= 0.3 is 0 Å². The van der Waals surface area contributed by atoms with Crippen molar-refractivity contribution in [2.75, 3.05) is 6.61 Å². The number of pyridine rings is 1. The third-order valence-corrected chi connectivity index (χ3v) is 2.84. The zero-order chi connectivity index (χ0) is 16.7. The fourth-order valence-corrected chi connectivity index (χ4v) is 1.61. The summed E-state index contributed by atoms with van der Waals surface area (Å²) in [5.41, 5.74) is 6.15. The van der Waals surface area contributed by atoms with Crippen molar-refractivity contribution in [1.29, 1.82) is 5.26 Å². The fourth-order valence-electron chi connectivity index (χ4n) is 1.61. The second kappa shape index (κ2) is 7.56. The molecule has 1 aromatic carbocycles. The number of nitrogens with zero attached hydrogens (tertiary/aromatic N) is 2. The number of hydrogen-bond donors (Lipinski definition) is 2. The first-order valence-corrected chi connectivity index (χ1v) is 6.73. The first-order valence-electron chi connectivity index (χ1n) is 6.73. The molecule has 0 saturated carbocycles. The average molecular weight is 310 g/mol. The maximum absolute atomic E-state index is 11.8. The highest BCUT2D eigenvalue weighted by Crippen LogP contribution is 2.11. The number of aromatic nitrogens is 1. The smallest absolute Gasteiger partial charge is 0.276 e. The van der Waals surface area contributed by atoms with Crippen LogP contribution in [-0.2, 0) is 4.79 Å². The quantitative estimate of drug-likeness (QED) is 0.823. The van der Waals surface area contributed by atoms with E-state index in [1.54, 1.807) is 36.4 Å². The number of carbonyl (C=O) groups is 2. The van der Waals surface area contributed by atoms with E-state index in [2.05, 4.69) is 15.8 Å². The van der Waals surface area contributed by atoms with Crippen LogP contribution in [0.4, 0.5) is 0 Å². The zero-order valence-electron chi connectivity index (χ0n) is 12.4. The molecule has 7 heteroatoms. The van der Waals surface area contributed by atoms with E-state index >= 15 is 0 Å². The predicted octanol–water partition coefficient (Wildman–Crippen LogP) is 1.10. The van der Waals surface area contributed by atoms with Gasteiger partial charge in [-0.05, 0) is 43.3 Å². The van der Waals surface area contributed by atoms with Crippen LogP contribution in [0.5, 0.6) is 5.75 Å². The molecule has 0 unspecified atom stereocenters. The van der Waals surface area contributed by atoms with E-state index < -0.39 is 11.8 Å². The molecule has 7 nitrogen and oxygen atoms in total. The van der Waals surface area contributed by atoms with Crippen molar-refractivity contribution in [1.82, 2.24) is 15.8 Å². The van der Waals surface area contributed by atoms with E-state index in [-0.39, 0.29) is 6.61 Å². The second-order valence-electron chi connectivity index (χ2n) is 4.62. The third-order valence-electron chi connectivity index (χ3n) is 2.84. The minimum atomic E-state index is -0.511. The van der Waals surface area contributed by atoms with Gasteiger partial charge in [0.05, 0.1) is 17.2 Å². The van der Waals surface area contributed by atoms with Gasteiger partial charge in [-0.2, -0.15) is 5.26 Å². The lowest BCUT2D eigenvalue weighted by molar-refractivity contribution is -0.123. The summed E-state index contributed by atoms with van der Waals surface area (Å²) in [5.74, 6) is -0.528. The van der Waals surface area contributed by atoms with Gasteiger partial charge in [0.2, 0.25) is 0 Å². The summed E-state index contributed by atoms with van der Waals surface area (Å²) >= 11 is 0. The fraction of sp³-hybridized carbons (Fsp3) is 0.125. The van der Waals surface area contributed by atoms with E-state index in [0.29, 0.717) is 16.9 Å². The monoisotopic (exact) mass is 310 g/mol. The van der Waals surface area contributed by atoms with E-state index in [4.69, 9.17) is 10.00 Å². The molecule has 0 radical (unpaired) electrons. The van der Waals surface area contributed by atoms with Crippen LogP contribution < -0.4 is 15.6 Å². The number of hydrazine groups is 1. The molecular formula is C16H14N4O3. The van der Waals surface area contributed by atoms with Gasteiger partial charge in [-0.15, -0.1) is 0 Å². The number of benzene rings is 1. The van der Waals surface area contributed by atoms with Gasteiger partial charge in [-0.25, -0.2) is 0 Å². The number of nitriles is 1. The number of rotatable bonds is 4. The van der Waals surface area contributed by atoms with Gasteiger partial charge in [-0.1, -0.05) is 0 Å². The topological polar surface area (TPSA) is 104 Å². The van der Waals surface area contributed by atoms with Gasteiger partial charge in [-0.3, -0.25) is 25.4 Å². The lowest BCUT2D eigenvalue weighted by Gasteiger charge is -2.08. The summed E-state index contributed by atoms with van der Waals surface area (Å²) in [4.78, 5) is 27.4. The van der Waals surface area contributed by atoms with E-state index in [1.807, 2.05) is 13.0 Å². The summed E-state index contributed by atoms with van der Waals surface area (Å²) < 4.78 is 5.24. The molecule has 0 aliphatic carbocycles. The first kappa shape index (κ1) is 16.0. The van der Waals surface area contributed by atoms with Gasteiger partial charge in [0, 0.05) is 11.9 Å². The molecule has 2 rings (SSSR count). The van der Waals surface area contributed by atoms with Crippen LogP contribution in [-0.4, -0.2) is 23.4 Å². The molecule has 0 saturated heterocycles. The van der Waals surface area contributed by atoms with Gasteiger partial charge in [0.15, 0.2) is 6.61 Å². The molecule has 1 heterocycles. The van der Waals surface area contributed by atoms with Crippen LogP contribution in [0, 0.1) is 18.3 Å². The number of hydrogen-bond acceptors (Lipinski definition) is 5. The highest BCUT2D eigenvalue weighted by atomic mass is 16.5. The SMILES string of the molecule is Cc1ccc(C(=O)NNC(=O)COc2ccc(C#N)cc2)cn1. The Balaban J connectivity index is 1.77. The largest absolute Gasteiger partial charge is 0.484 e. The highest BCUT2D eigenvalue weighted by Gasteiger charge is 2.08. The standard InChI is InChI=1S/C16H14N4O3/c1-11-2-5-13(9-18-11)16(22)20-19-15(21)10-23-14-6-3-12(8-17)4-7-14/h2-7,9H,10H2,1H3,(H,19,21)(H,20,22). The summed E-state index contributed by atoms with van der Waals surface area (Å²) in [7, 11) is 0. The molecule has 0 bridgehead atoms. The third kappa shape index (κ3) is 4.82. The number of carbonyl (C=O) groups excluding carboxylic acids is 2. The van der Waals surface area contributed by atoms with Crippen LogP contribution in [0.1, 0.15) is 21.6 Å². The summed E-state index contributed by atoms with van der Waals surface area (Å²) in [5, 5.41) is 8.68. The number of aryl methyl sites for hydroxylation is 1. The van der Waals surface area contributed by atoms with Crippen molar-refractivity contribution in [2.24, 2.45) is 0 Å². The molecule has 1 aromatic heterocycles. The molecule has 0 fully saturated rings. The van der Waals surface area contributed by atoms with Crippen molar-refractivity contribution in [2.45, 2.75) is 6.92 Å². The molecule has 2 amide bonds. The van der Waals surface area contributed by atoms with Crippen molar-refractivity contribution >= 4 is 11.8 Å². The summed E-state index contributed by atoms with van der Waals surface area (Å²) in [6.07, 6.45) is 1.42. The second-order valence-corrected chi connectivity index (χ2v) is 4.62. The van der Waals surface area contributed by atoms with Crippen LogP contribution in [0.25, 0.3) is 0 Å². The zero-order valence-corrected chi connectivity index (χ0v) is 12.4. The normalized spacial score (nSPS) is 9.57. The van der Waals surface area contributed by atoms with Gasteiger partial charge in [0.1, 0.15) is 5.75 Å². The number of amides is 2. The van der Waals surface area contributed by atoms with Crippen LogP contribution in [0.2, 0.25) is 0 Å². The Bertz CT molecular complexity index is 733. The summed E-state index contributed by atoms with van der Waals surface area (Å²) in [6.45, 7) is 1.54. The Kier molecular flexibility index (Phi) is 5.25. The van der Waals surface area contributed by atoms with E-state index in [9.17, 15) is 9.59 Å². The maximum Gasteiger partial charge on any atom is 0.276 e. The van der Waals surface area contributed by atoms with Crippen molar-refractivity contribution in [3.63, 3.8) is 0 Å². The lowest BCUT2D eigenvalue weighted by Crippen LogP contribution is -2.43. The van der Waals surface area contributed by atoms with E-state index in [0.717, 1.165) is 5.69 Å². The van der Waals surface area contributed by atoms with Crippen molar-refractivity contribution < 1.29 is 14.3 Å². The lowest BCUT2D eigenvalue weighted by atomic mass is 10.2. The van der Waals surface area contributed by atoms with Gasteiger partial charge in [0.25, 0.3) is 11.8 Å².